The van der Waals surface area contributed by atoms with Gasteiger partial charge in [0.25, 0.3) is 0 Å². The molecule has 1 aromatic heterocycles. The molecule has 0 unspecified atom stereocenters. The van der Waals surface area contributed by atoms with Crippen molar-refractivity contribution >= 4 is 32.6 Å². The van der Waals surface area contributed by atoms with E-state index in [0.29, 0.717) is 5.13 Å². The van der Waals surface area contributed by atoms with E-state index >= 15 is 0 Å². The summed E-state index contributed by atoms with van der Waals surface area (Å²) in [5.74, 6) is -0.455. The van der Waals surface area contributed by atoms with Gasteiger partial charge in [-0.05, 0) is 41.8 Å². The summed E-state index contributed by atoms with van der Waals surface area (Å²) >= 11 is 1.47. The first-order valence-corrected chi connectivity index (χ1v) is 7.89. The van der Waals surface area contributed by atoms with Crippen LogP contribution in [0.1, 0.15) is 18.1 Å². The van der Waals surface area contributed by atoms with E-state index < -0.39 is 0 Å². The van der Waals surface area contributed by atoms with Crippen molar-refractivity contribution in [3.63, 3.8) is 0 Å². The largest absolute Gasteiger partial charge is 0.302 e. The molecule has 0 fully saturated rings. The monoisotopic (exact) mass is 314 g/mol. The van der Waals surface area contributed by atoms with Crippen molar-refractivity contribution in [2.24, 2.45) is 0 Å². The average molecular weight is 314 g/mol. The van der Waals surface area contributed by atoms with Gasteiger partial charge in [-0.1, -0.05) is 36.5 Å². The minimum absolute atomic E-state index is 0.152. The normalized spacial score (nSPS) is 10.8. The van der Waals surface area contributed by atoms with Crippen molar-refractivity contribution < 1.29 is 9.18 Å². The highest BCUT2D eigenvalue weighted by Gasteiger charge is 2.09. The fraction of sp³-hybridized carbons (Fsp3) is 0.176. The van der Waals surface area contributed by atoms with E-state index in [9.17, 15) is 9.18 Å². The minimum atomic E-state index is -0.304. The van der Waals surface area contributed by atoms with Gasteiger partial charge in [0, 0.05) is 0 Å². The number of hydrogen-bond donors (Lipinski definition) is 1. The van der Waals surface area contributed by atoms with Gasteiger partial charge in [-0.25, -0.2) is 9.37 Å². The first kappa shape index (κ1) is 14.7. The molecule has 3 aromatic rings. The van der Waals surface area contributed by atoms with Crippen LogP contribution in [0.25, 0.3) is 10.2 Å². The third-order valence-corrected chi connectivity index (χ3v) is 4.32. The van der Waals surface area contributed by atoms with Crippen LogP contribution >= 0.6 is 11.3 Å². The Balaban J connectivity index is 1.72. The standard InChI is InChI=1S/C17H15FN2OS/c1-2-11-5-8-14-15(9-11)22-17(19-14)20-16(21)10-12-3-6-13(18)7-4-12/h3-9H,2,10H2,1H3,(H,19,20,21). The van der Waals surface area contributed by atoms with Gasteiger partial charge < -0.3 is 5.32 Å². The fourth-order valence-electron chi connectivity index (χ4n) is 2.19. The highest BCUT2D eigenvalue weighted by atomic mass is 32.1. The van der Waals surface area contributed by atoms with Gasteiger partial charge in [0.15, 0.2) is 5.13 Å². The highest BCUT2D eigenvalue weighted by Crippen LogP contribution is 2.27. The number of benzene rings is 2. The number of carbonyl (C=O) groups excluding carboxylic acids is 1. The zero-order chi connectivity index (χ0) is 15.5. The van der Waals surface area contributed by atoms with Gasteiger partial charge in [-0.3, -0.25) is 4.79 Å². The molecule has 0 radical (unpaired) electrons. The third-order valence-electron chi connectivity index (χ3n) is 3.39. The summed E-state index contributed by atoms with van der Waals surface area (Å²) < 4.78 is 13.9. The maximum atomic E-state index is 12.8. The van der Waals surface area contributed by atoms with Crippen LogP contribution in [0.4, 0.5) is 9.52 Å². The number of thiazole rings is 1. The number of rotatable bonds is 4. The summed E-state index contributed by atoms with van der Waals surface area (Å²) in [4.78, 5) is 16.4. The zero-order valence-electron chi connectivity index (χ0n) is 12.1. The molecule has 1 heterocycles. The Hall–Kier alpha value is -2.27. The Morgan fingerprint density at radius 3 is 2.64 bits per heavy atom. The van der Waals surface area contributed by atoms with Gasteiger partial charge in [0.1, 0.15) is 5.82 Å². The van der Waals surface area contributed by atoms with Crippen molar-refractivity contribution in [3.05, 3.63) is 59.4 Å². The molecule has 0 bridgehead atoms. The van der Waals surface area contributed by atoms with Crippen LogP contribution in [0.15, 0.2) is 42.5 Å². The SMILES string of the molecule is CCc1ccc2nc(NC(=O)Cc3ccc(F)cc3)sc2c1. The number of aryl methyl sites for hydroxylation is 1. The topological polar surface area (TPSA) is 42.0 Å². The summed E-state index contributed by atoms with van der Waals surface area (Å²) in [5, 5.41) is 3.40. The summed E-state index contributed by atoms with van der Waals surface area (Å²) in [6.45, 7) is 2.10. The van der Waals surface area contributed by atoms with E-state index in [4.69, 9.17) is 0 Å². The van der Waals surface area contributed by atoms with Crippen LogP contribution in [0.3, 0.4) is 0 Å². The van der Waals surface area contributed by atoms with Crippen LogP contribution in [0.5, 0.6) is 0 Å². The summed E-state index contributed by atoms with van der Waals surface area (Å²) in [5.41, 5.74) is 2.91. The Kier molecular flexibility index (Phi) is 4.15. The number of halogens is 1. The molecule has 0 spiro atoms. The molecular weight excluding hydrogens is 299 g/mol. The number of hydrogen-bond acceptors (Lipinski definition) is 3. The molecule has 0 saturated heterocycles. The molecule has 5 heteroatoms. The van der Waals surface area contributed by atoms with Crippen LogP contribution in [-0.4, -0.2) is 10.9 Å². The van der Waals surface area contributed by atoms with Crippen LogP contribution < -0.4 is 5.32 Å². The first-order chi connectivity index (χ1) is 10.6. The molecule has 0 aliphatic heterocycles. The fourth-order valence-corrected chi connectivity index (χ4v) is 3.14. The van der Waals surface area contributed by atoms with Crippen molar-refractivity contribution in [1.29, 1.82) is 0 Å². The molecular formula is C17H15FN2OS. The first-order valence-electron chi connectivity index (χ1n) is 7.08. The molecule has 2 aromatic carbocycles. The third kappa shape index (κ3) is 3.31. The summed E-state index contributed by atoms with van der Waals surface area (Å²) in [6.07, 6.45) is 1.18. The number of nitrogens with one attached hydrogen (secondary N) is 1. The maximum absolute atomic E-state index is 12.8. The smallest absolute Gasteiger partial charge is 0.230 e. The Labute approximate surface area is 131 Å². The summed E-state index contributed by atoms with van der Waals surface area (Å²) in [7, 11) is 0. The van der Waals surface area contributed by atoms with E-state index in [2.05, 4.69) is 23.3 Å². The number of fused-ring (bicyclic) bond motifs is 1. The zero-order valence-corrected chi connectivity index (χ0v) is 12.9. The van der Waals surface area contributed by atoms with Crippen LogP contribution in [-0.2, 0) is 17.6 Å². The van der Waals surface area contributed by atoms with E-state index in [1.165, 1.54) is 29.0 Å². The van der Waals surface area contributed by atoms with E-state index in [1.54, 1.807) is 12.1 Å². The van der Waals surface area contributed by atoms with Crippen molar-refractivity contribution in [2.75, 3.05) is 5.32 Å². The molecule has 1 N–H and O–H groups in total. The number of amides is 1. The molecule has 1 amide bonds. The maximum Gasteiger partial charge on any atom is 0.230 e. The van der Waals surface area contributed by atoms with Crippen LogP contribution in [0, 0.1) is 5.82 Å². The van der Waals surface area contributed by atoms with E-state index in [-0.39, 0.29) is 18.1 Å². The second kappa shape index (κ2) is 6.23. The Morgan fingerprint density at radius 1 is 1.18 bits per heavy atom. The van der Waals surface area contributed by atoms with Crippen molar-refractivity contribution in [1.82, 2.24) is 4.98 Å². The number of carbonyl (C=O) groups is 1. The molecule has 22 heavy (non-hydrogen) atoms. The average Bonchev–Trinajstić information content (AvgIpc) is 2.90. The molecule has 112 valence electrons. The molecule has 0 aliphatic carbocycles. The van der Waals surface area contributed by atoms with Gasteiger partial charge >= 0.3 is 0 Å². The van der Waals surface area contributed by atoms with Gasteiger partial charge in [-0.2, -0.15) is 0 Å². The highest BCUT2D eigenvalue weighted by molar-refractivity contribution is 7.22. The second-order valence-corrected chi connectivity index (χ2v) is 6.06. The lowest BCUT2D eigenvalue weighted by atomic mass is 10.1. The van der Waals surface area contributed by atoms with Crippen molar-refractivity contribution in [2.45, 2.75) is 19.8 Å². The summed E-state index contributed by atoms with van der Waals surface area (Å²) in [6, 6.07) is 12.1. The molecule has 0 aliphatic rings. The Morgan fingerprint density at radius 2 is 1.91 bits per heavy atom. The van der Waals surface area contributed by atoms with Gasteiger partial charge in [0.2, 0.25) is 5.91 Å². The van der Waals surface area contributed by atoms with Crippen LogP contribution in [0.2, 0.25) is 0 Å². The number of anilines is 1. The van der Waals surface area contributed by atoms with Crippen molar-refractivity contribution in [3.8, 4) is 0 Å². The number of aromatic nitrogens is 1. The predicted molar refractivity (Wildman–Crippen MR) is 87.7 cm³/mol. The molecule has 3 nitrogen and oxygen atoms in total. The lowest BCUT2D eigenvalue weighted by Crippen LogP contribution is -2.14. The van der Waals surface area contributed by atoms with Gasteiger partial charge in [0.05, 0.1) is 16.6 Å². The molecule has 0 saturated carbocycles. The second-order valence-electron chi connectivity index (χ2n) is 5.03. The lowest BCUT2D eigenvalue weighted by molar-refractivity contribution is -0.115. The van der Waals surface area contributed by atoms with E-state index in [1.807, 2.05) is 12.1 Å². The molecule has 3 rings (SSSR count). The quantitative estimate of drug-likeness (QED) is 0.785. The predicted octanol–water partition coefficient (Wildman–Crippen LogP) is 4.18. The lowest BCUT2D eigenvalue weighted by Gasteiger charge is -2.01. The molecule has 0 atom stereocenters. The Bertz CT molecular complexity index is 811. The number of nitrogens with zero attached hydrogens (tertiary/aromatic N) is 1. The minimum Gasteiger partial charge on any atom is -0.302 e. The van der Waals surface area contributed by atoms with Gasteiger partial charge in [-0.15, -0.1) is 0 Å². The van der Waals surface area contributed by atoms with E-state index in [0.717, 1.165) is 22.2 Å².